The number of hydrogen-bond donors (Lipinski definition) is 2. The van der Waals surface area contributed by atoms with Crippen LogP contribution < -0.4 is 5.32 Å². The molecule has 1 aromatic rings. The van der Waals surface area contributed by atoms with Crippen LogP contribution in [-0.4, -0.2) is 17.1 Å². The molecule has 0 spiro atoms. The van der Waals surface area contributed by atoms with E-state index in [1.807, 2.05) is 31.2 Å². The number of hydrogen-bond acceptors (Lipinski definition) is 2. The summed E-state index contributed by atoms with van der Waals surface area (Å²) in [5.74, 6) is -0.0266. The van der Waals surface area contributed by atoms with Gasteiger partial charge in [-0.3, -0.25) is 4.79 Å². The molecule has 0 saturated carbocycles. The zero-order chi connectivity index (χ0) is 12.8. The number of carbonyl (C=O) groups is 1. The molecule has 1 unspecified atom stereocenters. The van der Waals surface area contributed by atoms with E-state index in [0.29, 0.717) is 12.8 Å². The minimum absolute atomic E-state index is 0.00963. The minimum atomic E-state index is -0.427. The van der Waals surface area contributed by atoms with Gasteiger partial charge >= 0.3 is 0 Å². The molecular weight excluding hydrogens is 282 g/mol. The van der Waals surface area contributed by atoms with E-state index in [1.54, 1.807) is 6.92 Å². The number of benzene rings is 1. The Balaban J connectivity index is 2.46. The number of aliphatic hydroxyl groups is 1. The fraction of sp³-hybridized carbons (Fsp3) is 0.462. The van der Waals surface area contributed by atoms with Crippen molar-refractivity contribution in [3.63, 3.8) is 0 Å². The third kappa shape index (κ3) is 5.33. The van der Waals surface area contributed by atoms with Crippen LogP contribution in [0.1, 0.15) is 38.3 Å². The van der Waals surface area contributed by atoms with Crippen LogP contribution in [0.4, 0.5) is 0 Å². The summed E-state index contributed by atoms with van der Waals surface area (Å²) < 4.78 is 1.02. The SMILES string of the molecule is CC(O)CCC(=O)N[C@H](C)c1ccc(Br)cc1. The third-order valence-corrected chi connectivity index (χ3v) is 3.07. The van der Waals surface area contributed by atoms with Gasteiger partial charge in [0, 0.05) is 10.9 Å². The topological polar surface area (TPSA) is 49.3 Å². The van der Waals surface area contributed by atoms with Crippen LogP contribution in [0.3, 0.4) is 0 Å². The molecule has 0 aliphatic carbocycles. The zero-order valence-corrected chi connectivity index (χ0v) is 11.7. The van der Waals surface area contributed by atoms with E-state index in [-0.39, 0.29) is 11.9 Å². The summed E-state index contributed by atoms with van der Waals surface area (Å²) in [4.78, 5) is 11.6. The van der Waals surface area contributed by atoms with E-state index in [1.165, 1.54) is 0 Å². The second-order valence-corrected chi connectivity index (χ2v) is 5.14. The van der Waals surface area contributed by atoms with Crippen LogP contribution in [0.25, 0.3) is 0 Å². The molecule has 3 nitrogen and oxygen atoms in total. The standard InChI is InChI=1S/C13H18BrNO2/c1-9(16)3-8-13(17)15-10(2)11-4-6-12(14)7-5-11/h4-7,9-10,16H,3,8H2,1-2H3,(H,15,17)/t9?,10-/m1/s1. The van der Waals surface area contributed by atoms with E-state index in [9.17, 15) is 4.79 Å². The highest BCUT2D eigenvalue weighted by atomic mass is 79.9. The van der Waals surface area contributed by atoms with Gasteiger partial charge in [0.1, 0.15) is 0 Å². The van der Waals surface area contributed by atoms with Crippen LogP contribution in [-0.2, 0) is 4.79 Å². The Labute approximate surface area is 110 Å². The second-order valence-electron chi connectivity index (χ2n) is 4.23. The van der Waals surface area contributed by atoms with Gasteiger partial charge in [0.15, 0.2) is 0 Å². The molecule has 0 fully saturated rings. The summed E-state index contributed by atoms with van der Waals surface area (Å²) in [6.07, 6.45) is 0.431. The Morgan fingerprint density at radius 2 is 1.94 bits per heavy atom. The predicted octanol–water partition coefficient (Wildman–Crippen LogP) is 2.79. The molecule has 0 aliphatic rings. The van der Waals surface area contributed by atoms with Gasteiger partial charge in [-0.2, -0.15) is 0 Å². The van der Waals surface area contributed by atoms with Gasteiger partial charge in [-0.15, -0.1) is 0 Å². The van der Waals surface area contributed by atoms with Crippen LogP contribution in [0.2, 0.25) is 0 Å². The van der Waals surface area contributed by atoms with Gasteiger partial charge in [-0.25, -0.2) is 0 Å². The van der Waals surface area contributed by atoms with Crippen molar-refractivity contribution in [2.24, 2.45) is 0 Å². The summed E-state index contributed by atoms with van der Waals surface area (Å²) in [5, 5.41) is 12.0. The molecule has 1 amide bonds. The number of aliphatic hydroxyl groups excluding tert-OH is 1. The maximum absolute atomic E-state index is 11.6. The fourth-order valence-electron chi connectivity index (χ4n) is 1.49. The fourth-order valence-corrected chi connectivity index (χ4v) is 1.75. The molecule has 1 aromatic carbocycles. The first kappa shape index (κ1) is 14.2. The van der Waals surface area contributed by atoms with Crippen LogP contribution >= 0.6 is 15.9 Å². The minimum Gasteiger partial charge on any atom is -0.393 e. The third-order valence-electron chi connectivity index (χ3n) is 2.54. The molecule has 2 N–H and O–H groups in total. The Bertz CT molecular complexity index is 362. The summed E-state index contributed by atoms with van der Waals surface area (Å²) in [5.41, 5.74) is 1.07. The van der Waals surface area contributed by atoms with E-state index in [2.05, 4.69) is 21.2 Å². The maximum Gasteiger partial charge on any atom is 0.220 e. The van der Waals surface area contributed by atoms with Crippen LogP contribution in [0, 0.1) is 0 Å². The van der Waals surface area contributed by atoms with Crippen LogP contribution in [0.5, 0.6) is 0 Å². The summed E-state index contributed by atoms with van der Waals surface area (Å²) >= 11 is 3.37. The monoisotopic (exact) mass is 299 g/mol. The lowest BCUT2D eigenvalue weighted by molar-refractivity contribution is -0.122. The molecule has 17 heavy (non-hydrogen) atoms. The first-order chi connectivity index (χ1) is 7.99. The van der Waals surface area contributed by atoms with Gasteiger partial charge in [-0.05, 0) is 38.0 Å². The van der Waals surface area contributed by atoms with E-state index in [0.717, 1.165) is 10.0 Å². The lowest BCUT2D eigenvalue weighted by Gasteiger charge is -2.14. The van der Waals surface area contributed by atoms with Crippen molar-refractivity contribution < 1.29 is 9.90 Å². The highest BCUT2D eigenvalue weighted by Gasteiger charge is 2.10. The van der Waals surface area contributed by atoms with Gasteiger partial charge in [0.25, 0.3) is 0 Å². The number of carbonyl (C=O) groups excluding carboxylic acids is 1. The largest absolute Gasteiger partial charge is 0.393 e. The molecule has 2 atom stereocenters. The van der Waals surface area contributed by atoms with Crippen LogP contribution in [0.15, 0.2) is 28.7 Å². The van der Waals surface area contributed by atoms with E-state index in [4.69, 9.17) is 5.11 Å². The van der Waals surface area contributed by atoms with Crippen molar-refractivity contribution in [3.05, 3.63) is 34.3 Å². The maximum atomic E-state index is 11.6. The molecule has 0 aromatic heterocycles. The Hall–Kier alpha value is -0.870. The molecule has 4 heteroatoms. The molecule has 0 aliphatic heterocycles. The van der Waals surface area contributed by atoms with Crippen molar-refractivity contribution in [1.82, 2.24) is 5.32 Å². The smallest absolute Gasteiger partial charge is 0.220 e. The predicted molar refractivity (Wildman–Crippen MR) is 71.6 cm³/mol. The van der Waals surface area contributed by atoms with Gasteiger partial charge in [0.05, 0.1) is 12.1 Å². The summed E-state index contributed by atoms with van der Waals surface area (Å²) in [7, 11) is 0. The molecule has 1 rings (SSSR count). The molecule has 0 heterocycles. The Kier molecular flexibility index (Phi) is 5.65. The van der Waals surface area contributed by atoms with Crippen molar-refractivity contribution in [3.8, 4) is 0 Å². The number of nitrogens with one attached hydrogen (secondary N) is 1. The zero-order valence-electron chi connectivity index (χ0n) is 10.1. The summed E-state index contributed by atoms with van der Waals surface area (Å²) in [6.45, 7) is 3.63. The van der Waals surface area contributed by atoms with Gasteiger partial charge in [0.2, 0.25) is 5.91 Å². The highest BCUT2D eigenvalue weighted by molar-refractivity contribution is 9.10. The Morgan fingerprint density at radius 3 is 2.47 bits per heavy atom. The average molecular weight is 300 g/mol. The molecule has 0 bridgehead atoms. The van der Waals surface area contributed by atoms with Crippen molar-refractivity contribution in [1.29, 1.82) is 0 Å². The molecule has 0 saturated heterocycles. The summed E-state index contributed by atoms with van der Waals surface area (Å²) in [6, 6.07) is 7.85. The first-order valence-corrected chi connectivity index (χ1v) is 6.51. The lowest BCUT2D eigenvalue weighted by atomic mass is 10.1. The quantitative estimate of drug-likeness (QED) is 0.878. The van der Waals surface area contributed by atoms with Crippen molar-refractivity contribution in [2.75, 3.05) is 0 Å². The molecule has 94 valence electrons. The van der Waals surface area contributed by atoms with Gasteiger partial charge in [-0.1, -0.05) is 28.1 Å². The van der Waals surface area contributed by atoms with Crippen molar-refractivity contribution >= 4 is 21.8 Å². The van der Waals surface area contributed by atoms with Crippen molar-refractivity contribution in [2.45, 2.75) is 38.8 Å². The highest BCUT2D eigenvalue weighted by Crippen LogP contribution is 2.16. The second kappa shape index (κ2) is 6.77. The van der Waals surface area contributed by atoms with E-state index >= 15 is 0 Å². The normalized spacial score (nSPS) is 14.1. The number of rotatable bonds is 5. The number of amides is 1. The molecule has 0 radical (unpaired) electrons. The number of halogens is 1. The van der Waals surface area contributed by atoms with Gasteiger partial charge < -0.3 is 10.4 Å². The molecular formula is C13H18BrNO2. The average Bonchev–Trinajstić information content (AvgIpc) is 2.27. The van der Waals surface area contributed by atoms with E-state index < -0.39 is 6.10 Å². The first-order valence-electron chi connectivity index (χ1n) is 5.72. The Morgan fingerprint density at radius 1 is 1.35 bits per heavy atom. The lowest BCUT2D eigenvalue weighted by Crippen LogP contribution is -2.27.